The fraction of sp³-hybridized carbons (Fsp3) is 0.316. The minimum Gasteiger partial charge on any atom is -0.461 e. The second-order valence-electron chi connectivity index (χ2n) is 6.13. The van der Waals surface area contributed by atoms with E-state index >= 15 is 0 Å². The molecule has 1 amide bonds. The van der Waals surface area contributed by atoms with Crippen molar-refractivity contribution in [1.82, 2.24) is 0 Å². The summed E-state index contributed by atoms with van der Waals surface area (Å²) >= 11 is 0. The van der Waals surface area contributed by atoms with Gasteiger partial charge in [-0.25, -0.2) is 0 Å². The highest BCUT2D eigenvalue weighted by Crippen LogP contribution is 2.47. The number of hydrogen-bond acceptors (Lipinski definition) is 2. The summed E-state index contributed by atoms with van der Waals surface area (Å²) in [5, 5.41) is 2.90. The number of benzene rings is 1. The summed E-state index contributed by atoms with van der Waals surface area (Å²) in [5.41, 5.74) is 3.10. The van der Waals surface area contributed by atoms with Crippen LogP contribution in [0, 0.1) is 19.8 Å². The van der Waals surface area contributed by atoms with Crippen molar-refractivity contribution >= 4 is 17.7 Å². The molecular weight excluding hydrogens is 274 g/mol. The van der Waals surface area contributed by atoms with Gasteiger partial charge in [0, 0.05) is 17.7 Å². The van der Waals surface area contributed by atoms with Gasteiger partial charge in [-0.05, 0) is 61.6 Å². The van der Waals surface area contributed by atoms with Crippen molar-refractivity contribution in [2.45, 2.75) is 33.1 Å². The highest BCUT2D eigenvalue weighted by Gasteiger charge is 2.36. The smallest absolute Gasteiger partial charge is 0.248 e. The Labute approximate surface area is 131 Å². The number of anilines is 1. The van der Waals surface area contributed by atoms with Crippen LogP contribution >= 0.6 is 0 Å². The van der Waals surface area contributed by atoms with Gasteiger partial charge in [0.15, 0.2) is 0 Å². The van der Waals surface area contributed by atoms with Crippen LogP contribution in [-0.4, -0.2) is 5.91 Å². The Morgan fingerprint density at radius 1 is 1.27 bits per heavy atom. The molecule has 1 aliphatic carbocycles. The zero-order chi connectivity index (χ0) is 15.7. The van der Waals surface area contributed by atoms with Crippen LogP contribution in [0.15, 0.2) is 40.8 Å². The molecule has 3 rings (SSSR count). The number of furan rings is 1. The molecule has 0 bridgehead atoms. The van der Waals surface area contributed by atoms with E-state index in [4.69, 9.17) is 4.42 Å². The third-order valence-corrected chi connectivity index (χ3v) is 4.38. The van der Waals surface area contributed by atoms with E-state index in [9.17, 15) is 4.79 Å². The quantitative estimate of drug-likeness (QED) is 0.833. The van der Waals surface area contributed by atoms with Crippen LogP contribution in [0.4, 0.5) is 5.69 Å². The Hall–Kier alpha value is -2.29. The van der Waals surface area contributed by atoms with Gasteiger partial charge in [-0.1, -0.05) is 19.1 Å². The molecule has 2 aromatic rings. The van der Waals surface area contributed by atoms with Crippen LogP contribution in [0.2, 0.25) is 0 Å². The predicted octanol–water partition coefficient (Wildman–Crippen LogP) is 4.67. The van der Waals surface area contributed by atoms with E-state index in [1.807, 2.05) is 44.2 Å². The molecule has 2 atom stereocenters. The first-order valence-electron chi connectivity index (χ1n) is 7.69. The first kappa shape index (κ1) is 14.6. The summed E-state index contributed by atoms with van der Waals surface area (Å²) in [6, 6.07) is 9.81. The molecule has 1 aromatic carbocycles. The topological polar surface area (TPSA) is 42.2 Å². The second kappa shape index (κ2) is 5.84. The van der Waals surface area contributed by atoms with Crippen molar-refractivity contribution in [2.75, 3.05) is 5.32 Å². The lowest BCUT2D eigenvalue weighted by atomic mass is 10.1. The van der Waals surface area contributed by atoms with Crippen molar-refractivity contribution in [1.29, 1.82) is 0 Å². The zero-order valence-corrected chi connectivity index (χ0v) is 13.2. The molecule has 3 heteroatoms. The maximum absolute atomic E-state index is 12.0. The first-order valence-corrected chi connectivity index (χ1v) is 7.69. The van der Waals surface area contributed by atoms with E-state index in [2.05, 4.69) is 12.2 Å². The number of hydrogen-bond donors (Lipinski definition) is 1. The van der Waals surface area contributed by atoms with Crippen LogP contribution in [0.25, 0.3) is 6.08 Å². The maximum atomic E-state index is 12.0. The summed E-state index contributed by atoms with van der Waals surface area (Å²) in [4.78, 5) is 12.0. The SMILES string of the molecule is Cc1cccc(NC(=O)/C=C/c2ccc(C3CC3C)o2)c1C. The molecule has 1 saturated carbocycles. The minimum absolute atomic E-state index is 0.147. The molecule has 1 N–H and O–H groups in total. The Morgan fingerprint density at radius 2 is 2.05 bits per heavy atom. The molecule has 1 heterocycles. The normalized spacial score (nSPS) is 20.3. The van der Waals surface area contributed by atoms with Gasteiger partial charge >= 0.3 is 0 Å². The van der Waals surface area contributed by atoms with Crippen molar-refractivity contribution in [3.63, 3.8) is 0 Å². The summed E-state index contributed by atoms with van der Waals surface area (Å²) in [6.45, 7) is 6.26. The second-order valence-corrected chi connectivity index (χ2v) is 6.13. The van der Waals surface area contributed by atoms with E-state index in [1.54, 1.807) is 6.08 Å². The van der Waals surface area contributed by atoms with Gasteiger partial charge in [0.2, 0.25) is 5.91 Å². The predicted molar refractivity (Wildman–Crippen MR) is 88.8 cm³/mol. The van der Waals surface area contributed by atoms with Gasteiger partial charge in [-0.15, -0.1) is 0 Å². The molecule has 1 aromatic heterocycles. The number of aryl methyl sites for hydroxylation is 1. The fourth-order valence-corrected chi connectivity index (χ4v) is 2.59. The lowest BCUT2D eigenvalue weighted by Crippen LogP contribution is -2.09. The van der Waals surface area contributed by atoms with Gasteiger partial charge in [-0.3, -0.25) is 4.79 Å². The molecule has 2 unspecified atom stereocenters. The van der Waals surface area contributed by atoms with Crippen molar-refractivity contribution < 1.29 is 9.21 Å². The molecule has 3 nitrogen and oxygen atoms in total. The van der Waals surface area contributed by atoms with Crippen LogP contribution in [-0.2, 0) is 4.79 Å². The zero-order valence-electron chi connectivity index (χ0n) is 13.2. The van der Waals surface area contributed by atoms with Crippen LogP contribution < -0.4 is 5.32 Å². The standard InChI is InChI=1S/C19H21NO2/c1-12-5-4-6-17(14(12)3)20-19(21)10-8-15-7-9-18(22-15)16-11-13(16)2/h4-10,13,16H,11H2,1-3H3,(H,20,21)/b10-8+. The van der Waals surface area contributed by atoms with Gasteiger partial charge < -0.3 is 9.73 Å². The van der Waals surface area contributed by atoms with E-state index < -0.39 is 0 Å². The average molecular weight is 295 g/mol. The van der Waals surface area contributed by atoms with Gasteiger partial charge in [0.1, 0.15) is 11.5 Å². The van der Waals surface area contributed by atoms with Gasteiger partial charge in [0.05, 0.1) is 0 Å². The van der Waals surface area contributed by atoms with E-state index in [0.717, 1.165) is 34.3 Å². The fourth-order valence-electron chi connectivity index (χ4n) is 2.59. The molecule has 0 radical (unpaired) electrons. The maximum Gasteiger partial charge on any atom is 0.248 e. The summed E-state index contributed by atoms with van der Waals surface area (Å²) in [5.74, 6) is 2.89. The molecule has 0 saturated heterocycles. The number of amides is 1. The van der Waals surface area contributed by atoms with Crippen LogP contribution in [0.1, 0.15) is 41.9 Å². The van der Waals surface area contributed by atoms with Gasteiger partial charge in [-0.2, -0.15) is 0 Å². The van der Waals surface area contributed by atoms with Gasteiger partial charge in [0.25, 0.3) is 0 Å². The number of carbonyl (C=O) groups is 1. The molecular formula is C19H21NO2. The molecule has 0 spiro atoms. The summed E-state index contributed by atoms with van der Waals surface area (Å²) < 4.78 is 5.75. The van der Waals surface area contributed by atoms with E-state index in [0.29, 0.717) is 5.92 Å². The number of nitrogens with one attached hydrogen (secondary N) is 1. The Morgan fingerprint density at radius 3 is 2.77 bits per heavy atom. The highest BCUT2D eigenvalue weighted by molar-refractivity contribution is 6.02. The molecule has 22 heavy (non-hydrogen) atoms. The lowest BCUT2D eigenvalue weighted by Gasteiger charge is -2.08. The number of carbonyl (C=O) groups excluding carboxylic acids is 1. The van der Waals surface area contributed by atoms with Crippen LogP contribution in [0.5, 0.6) is 0 Å². The summed E-state index contributed by atoms with van der Waals surface area (Å²) in [7, 11) is 0. The largest absolute Gasteiger partial charge is 0.461 e. The van der Waals surface area contributed by atoms with Crippen molar-refractivity contribution in [2.24, 2.45) is 5.92 Å². The Bertz CT molecular complexity index is 727. The third kappa shape index (κ3) is 3.14. The van der Waals surface area contributed by atoms with E-state index in [-0.39, 0.29) is 5.91 Å². The monoisotopic (exact) mass is 295 g/mol. The third-order valence-electron chi connectivity index (χ3n) is 4.38. The highest BCUT2D eigenvalue weighted by atomic mass is 16.3. The molecule has 0 aliphatic heterocycles. The molecule has 1 aliphatic rings. The number of rotatable bonds is 4. The average Bonchev–Trinajstić information content (AvgIpc) is 3.03. The lowest BCUT2D eigenvalue weighted by molar-refractivity contribution is -0.111. The molecule has 114 valence electrons. The van der Waals surface area contributed by atoms with Crippen LogP contribution in [0.3, 0.4) is 0 Å². The Kier molecular flexibility index (Phi) is 3.88. The van der Waals surface area contributed by atoms with Crippen molar-refractivity contribution in [3.05, 3.63) is 59.1 Å². The van der Waals surface area contributed by atoms with E-state index in [1.165, 1.54) is 12.5 Å². The summed E-state index contributed by atoms with van der Waals surface area (Å²) in [6.07, 6.45) is 4.43. The minimum atomic E-state index is -0.147. The molecule has 1 fully saturated rings. The Balaban J connectivity index is 1.63. The first-order chi connectivity index (χ1) is 10.5. The van der Waals surface area contributed by atoms with Crippen molar-refractivity contribution in [3.8, 4) is 0 Å².